The minimum atomic E-state index is -1.02. The highest BCUT2D eigenvalue weighted by Crippen LogP contribution is 2.34. The lowest BCUT2D eigenvalue weighted by Crippen LogP contribution is -2.47. The van der Waals surface area contributed by atoms with Gasteiger partial charge in [-0.2, -0.15) is 0 Å². The van der Waals surface area contributed by atoms with Crippen LogP contribution >= 0.6 is 0 Å². The van der Waals surface area contributed by atoms with E-state index < -0.39 is 29.6 Å². The number of benzene rings is 2. The van der Waals surface area contributed by atoms with Crippen LogP contribution in [0.5, 0.6) is 5.75 Å². The molecule has 24 heavy (non-hydrogen) atoms. The molecule has 0 saturated carbocycles. The summed E-state index contributed by atoms with van der Waals surface area (Å²) >= 11 is 0. The van der Waals surface area contributed by atoms with E-state index in [4.69, 9.17) is 4.74 Å². The Hall–Kier alpha value is -2.96. The Morgan fingerprint density at radius 3 is 2.50 bits per heavy atom. The highest BCUT2D eigenvalue weighted by Gasteiger charge is 2.35. The van der Waals surface area contributed by atoms with Gasteiger partial charge >= 0.3 is 5.97 Å². The van der Waals surface area contributed by atoms with E-state index in [-0.39, 0.29) is 12.1 Å². The normalized spacial score (nSPS) is 16.1. The van der Waals surface area contributed by atoms with E-state index in [0.29, 0.717) is 17.5 Å². The summed E-state index contributed by atoms with van der Waals surface area (Å²) in [4.78, 5) is 25.7. The molecule has 5 nitrogen and oxygen atoms in total. The number of rotatable bonds is 2. The lowest BCUT2D eigenvalue weighted by atomic mass is 10.1. The third-order valence-corrected chi connectivity index (χ3v) is 3.59. The fourth-order valence-electron chi connectivity index (χ4n) is 2.51. The van der Waals surface area contributed by atoms with Crippen molar-refractivity contribution in [2.24, 2.45) is 0 Å². The van der Waals surface area contributed by atoms with E-state index in [1.165, 1.54) is 12.0 Å². The zero-order chi connectivity index (χ0) is 17.3. The van der Waals surface area contributed by atoms with Crippen molar-refractivity contribution in [2.75, 3.05) is 18.6 Å². The monoisotopic (exact) mass is 333 g/mol. The zero-order valence-corrected chi connectivity index (χ0v) is 12.7. The molecule has 1 amide bonds. The summed E-state index contributed by atoms with van der Waals surface area (Å²) in [5, 5.41) is 0. The molecule has 1 heterocycles. The summed E-state index contributed by atoms with van der Waals surface area (Å²) in [6.45, 7) is -0.124. The summed E-state index contributed by atoms with van der Waals surface area (Å²) < 4.78 is 37.0. The molecule has 1 atom stereocenters. The van der Waals surface area contributed by atoms with Gasteiger partial charge in [-0.25, -0.2) is 13.6 Å². The zero-order valence-electron chi connectivity index (χ0n) is 12.7. The molecular weight excluding hydrogens is 320 g/mol. The van der Waals surface area contributed by atoms with Gasteiger partial charge < -0.3 is 14.4 Å². The Kier molecular flexibility index (Phi) is 4.16. The standard InChI is InChI=1S/C17H13F2NO4/c1-23-17(22)15-9-20(13-4-2-3-5-14(13)24-15)16(21)10-6-11(18)8-12(19)7-10/h2-8,15H,9H2,1H3. The number of carbonyl (C=O) groups excluding carboxylic acids is 2. The number of hydrogen-bond donors (Lipinski definition) is 0. The van der Waals surface area contributed by atoms with Crippen LogP contribution in [0.3, 0.4) is 0 Å². The first-order chi connectivity index (χ1) is 11.5. The number of para-hydroxylation sites is 2. The lowest BCUT2D eigenvalue weighted by Gasteiger charge is -2.33. The molecule has 2 aromatic carbocycles. The van der Waals surface area contributed by atoms with Crippen LogP contribution in [0.2, 0.25) is 0 Å². The fourth-order valence-corrected chi connectivity index (χ4v) is 2.51. The van der Waals surface area contributed by atoms with E-state index in [2.05, 4.69) is 4.74 Å². The van der Waals surface area contributed by atoms with Crippen LogP contribution in [0.1, 0.15) is 10.4 Å². The van der Waals surface area contributed by atoms with Gasteiger partial charge in [0.15, 0.2) is 0 Å². The van der Waals surface area contributed by atoms with Crippen molar-refractivity contribution in [3.63, 3.8) is 0 Å². The van der Waals surface area contributed by atoms with Gasteiger partial charge in [0.25, 0.3) is 5.91 Å². The number of carbonyl (C=O) groups is 2. The van der Waals surface area contributed by atoms with Gasteiger partial charge in [-0.3, -0.25) is 4.79 Å². The second-order valence-electron chi connectivity index (χ2n) is 5.17. The van der Waals surface area contributed by atoms with Gasteiger partial charge in [0.1, 0.15) is 17.4 Å². The molecular formula is C17H13F2NO4. The molecule has 0 N–H and O–H groups in total. The Labute approximate surface area is 136 Å². The van der Waals surface area contributed by atoms with E-state index in [0.717, 1.165) is 12.1 Å². The maximum absolute atomic E-state index is 13.4. The molecule has 0 aliphatic carbocycles. The van der Waals surface area contributed by atoms with Gasteiger partial charge in [-0.15, -0.1) is 0 Å². The van der Waals surface area contributed by atoms with Crippen LogP contribution in [-0.2, 0) is 9.53 Å². The van der Waals surface area contributed by atoms with Gasteiger partial charge in [-0.05, 0) is 24.3 Å². The van der Waals surface area contributed by atoms with Crippen LogP contribution in [0.25, 0.3) is 0 Å². The number of hydrogen-bond acceptors (Lipinski definition) is 4. The summed E-state index contributed by atoms with van der Waals surface area (Å²) in [6, 6.07) is 9.15. The number of anilines is 1. The first kappa shape index (κ1) is 15.9. The molecule has 0 radical (unpaired) electrons. The topological polar surface area (TPSA) is 55.8 Å². The van der Waals surface area contributed by atoms with E-state index >= 15 is 0 Å². The molecule has 0 bridgehead atoms. The first-order valence-corrected chi connectivity index (χ1v) is 7.11. The number of halogens is 2. The Morgan fingerprint density at radius 1 is 1.17 bits per heavy atom. The van der Waals surface area contributed by atoms with Crippen molar-refractivity contribution >= 4 is 17.6 Å². The van der Waals surface area contributed by atoms with Crippen LogP contribution in [0, 0.1) is 11.6 Å². The second kappa shape index (κ2) is 6.27. The predicted octanol–water partition coefficient (Wildman–Crippen LogP) is 2.55. The van der Waals surface area contributed by atoms with E-state index in [9.17, 15) is 18.4 Å². The molecule has 1 aliphatic rings. The van der Waals surface area contributed by atoms with Gasteiger partial charge in [0.2, 0.25) is 6.10 Å². The Bertz CT molecular complexity index is 789. The average molecular weight is 333 g/mol. The molecule has 0 fully saturated rings. The predicted molar refractivity (Wildman–Crippen MR) is 80.9 cm³/mol. The Morgan fingerprint density at radius 2 is 1.83 bits per heavy atom. The molecule has 0 saturated heterocycles. The fraction of sp³-hybridized carbons (Fsp3) is 0.176. The van der Waals surface area contributed by atoms with Crippen molar-refractivity contribution < 1.29 is 27.8 Å². The Balaban J connectivity index is 2.01. The maximum atomic E-state index is 13.4. The molecule has 124 valence electrons. The quantitative estimate of drug-likeness (QED) is 0.793. The third-order valence-electron chi connectivity index (χ3n) is 3.59. The number of esters is 1. The van der Waals surface area contributed by atoms with Crippen molar-refractivity contribution in [3.8, 4) is 5.75 Å². The van der Waals surface area contributed by atoms with E-state index in [1.807, 2.05) is 0 Å². The van der Waals surface area contributed by atoms with Crippen LogP contribution < -0.4 is 9.64 Å². The number of fused-ring (bicyclic) bond motifs is 1. The number of methoxy groups -OCH3 is 1. The largest absolute Gasteiger partial charge is 0.475 e. The summed E-state index contributed by atoms with van der Waals surface area (Å²) in [5.74, 6) is -2.69. The van der Waals surface area contributed by atoms with Gasteiger partial charge in [0, 0.05) is 11.6 Å². The van der Waals surface area contributed by atoms with Gasteiger partial charge in [0.05, 0.1) is 19.3 Å². The molecule has 0 spiro atoms. The summed E-state index contributed by atoms with van der Waals surface area (Å²) in [5.41, 5.74) is 0.250. The number of amides is 1. The highest BCUT2D eigenvalue weighted by atomic mass is 19.1. The minimum absolute atomic E-state index is 0.124. The molecule has 3 rings (SSSR count). The SMILES string of the molecule is COC(=O)C1CN(C(=O)c2cc(F)cc(F)c2)c2ccccc2O1. The van der Waals surface area contributed by atoms with Crippen LogP contribution in [0.4, 0.5) is 14.5 Å². The van der Waals surface area contributed by atoms with Crippen molar-refractivity contribution in [2.45, 2.75) is 6.10 Å². The highest BCUT2D eigenvalue weighted by molar-refractivity contribution is 6.07. The third kappa shape index (κ3) is 2.92. The van der Waals surface area contributed by atoms with Crippen LogP contribution in [0.15, 0.2) is 42.5 Å². The number of ether oxygens (including phenoxy) is 2. The van der Waals surface area contributed by atoms with Gasteiger partial charge in [-0.1, -0.05) is 12.1 Å². The lowest BCUT2D eigenvalue weighted by molar-refractivity contribution is -0.148. The maximum Gasteiger partial charge on any atom is 0.348 e. The molecule has 2 aromatic rings. The first-order valence-electron chi connectivity index (χ1n) is 7.11. The van der Waals surface area contributed by atoms with Crippen LogP contribution in [-0.4, -0.2) is 31.6 Å². The second-order valence-corrected chi connectivity index (χ2v) is 5.17. The molecule has 1 aliphatic heterocycles. The van der Waals surface area contributed by atoms with Crippen molar-refractivity contribution in [3.05, 3.63) is 59.7 Å². The summed E-state index contributed by atoms with van der Waals surface area (Å²) in [6.07, 6.45) is -1.02. The summed E-state index contributed by atoms with van der Waals surface area (Å²) in [7, 11) is 1.21. The molecule has 0 aromatic heterocycles. The number of nitrogens with zero attached hydrogens (tertiary/aromatic N) is 1. The van der Waals surface area contributed by atoms with Crippen molar-refractivity contribution in [1.29, 1.82) is 0 Å². The minimum Gasteiger partial charge on any atom is -0.475 e. The smallest absolute Gasteiger partial charge is 0.348 e. The average Bonchev–Trinajstić information content (AvgIpc) is 2.58. The van der Waals surface area contributed by atoms with E-state index in [1.54, 1.807) is 24.3 Å². The van der Waals surface area contributed by atoms with Crippen molar-refractivity contribution in [1.82, 2.24) is 0 Å². The molecule has 1 unspecified atom stereocenters. The molecule has 7 heteroatoms.